The lowest BCUT2D eigenvalue weighted by Crippen LogP contribution is -1.97. The quantitative estimate of drug-likeness (QED) is 0.683. The van der Waals surface area contributed by atoms with Crippen LogP contribution in [0.5, 0.6) is 0 Å². The van der Waals surface area contributed by atoms with Crippen LogP contribution in [0.15, 0.2) is 30.3 Å². The van der Waals surface area contributed by atoms with Gasteiger partial charge in [0.05, 0.1) is 0 Å². The van der Waals surface area contributed by atoms with Crippen LogP contribution in [0.2, 0.25) is 0 Å². The van der Waals surface area contributed by atoms with E-state index >= 15 is 0 Å². The highest BCUT2D eigenvalue weighted by molar-refractivity contribution is 9.09. The molecule has 0 aliphatic rings. The lowest BCUT2D eigenvalue weighted by molar-refractivity contribution is 0.649. The molecule has 0 aromatic heterocycles. The molecule has 0 saturated carbocycles. The summed E-state index contributed by atoms with van der Waals surface area (Å²) in [5.74, 6) is 0.727. The first-order valence-electron chi connectivity index (χ1n) is 4.49. The van der Waals surface area contributed by atoms with Crippen molar-refractivity contribution in [2.24, 2.45) is 0 Å². The molecule has 0 nitrogen and oxygen atoms in total. The summed E-state index contributed by atoms with van der Waals surface area (Å²) in [6.07, 6.45) is 2.47. The molecule has 1 aromatic rings. The van der Waals surface area contributed by atoms with Gasteiger partial charge in [0.1, 0.15) is 0 Å². The molecule has 0 unspecified atom stereocenters. The Hall–Kier alpha value is -0.300. The van der Waals surface area contributed by atoms with Crippen LogP contribution < -0.4 is 0 Å². The smallest absolute Gasteiger partial charge is 0.00371 e. The average molecular weight is 227 g/mol. The van der Waals surface area contributed by atoms with Crippen molar-refractivity contribution in [3.63, 3.8) is 0 Å². The van der Waals surface area contributed by atoms with Crippen molar-refractivity contribution >= 4 is 15.9 Å². The summed E-state index contributed by atoms with van der Waals surface area (Å²) in [6.45, 7) is 2.25. The van der Waals surface area contributed by atoms with Crippen LogP contribution >= 0.6 is 15.9 Å². The van der Waals surface area contributed by atoms with Gasteiger partial charge >= 0.3 is 0 Å². The fourth-order valence-corrected chi connectivity index (χ4v) is 2.02. The number of hydrogen-bond acceptors (Lipinski definition) is 0. The Balaban J connectivity index is 2.66. The molecule has 0 amide bonds. The summed E-state index contributed by atoms with van der Waals surface area (Å²) in [7, 11) is 0. The van der Waals surface area contributed by atoms with Gasteiger partial charge in [-0.2, -0.15) is 0 Å². The van der Waals surface area contributed by atoms with Crippen LogP contribution in [0.3, 0.4) is 0 Å². The third-order valence-corrected chi connectivity index (χ3v) is 2.68. The number of alkyl halides is 1. The molecule has 1 rings (SSSR count). The van der Waals surface area contributed by atoms with Gasteiger partial charge in [-0.3, -0.25) is 0 Å². The minimum atomic E-state index is 0.727. The van der Waals surface area contributed by atoms with E-state index < -0.39 is 0 Å². The summed E-state index contributed by atoms with van der Waals surface area (Å²) in [6, 6.07) is 10.7. The summed E-state index contributed by atoms with van der Waals surface area (Å²) >= 11 is 3.49. The van der Waals surface area contributed by atoms with Crippen molar-refractivity contribution in [2.45, 2.75) is 25.7 Å². The van der Waals surface area contributed by atoms with E-state index in [9.17, 15) is 0 Å². The summed E-state index contributed by atoms with van der Waals surface area (Å²) in [4.78, 5) is 0. The normalized spacial score (nSPS) is 12.8. The molecule has 1 atom stereocenters. The monoisotopic (exact) mass is 226 g/mol. The minimum Gasteiger partial charge on any atom is -0.0928 e. The van der Waals surface area contributed by atoms with Crippen molar-refractivity contribution in [3.8, 4) is 0 Å². The van der Waals surface area contributed by atoms with Crippen LogP contribution in [0.4, 0.5) is 0 Å². The lowest BCUT2D eigenvalue weighted by Gasteiger charge is -2.12. The van der Waals surface area contributed by atoms with Crippen LogP contribution in [-0.2, 0) is 0 Å². The van der Waals surface area contributed by atoms with Crippen molar-refractivity contribution in [1.29, 1.82) is 0 Å². The van der Waals surface area contributed by atoms with E-state index in [1.165, 1.54) is 18.4 Å². The molecule has 1 heteroatoms. The van der Waals surface area contributed by atoms with Crippen molar-refractivity contribution in [3.05, 3.63) is 35.9 Å². The molecule has 0 radical (unpaired) electrons. The first-order valence-corrected chi connectivity index (χ1v) is 5.61. The van der Waals surface area contributed by atoms with Crippen LogP contribution in [0.25, 0.3) is 0 Å². The maximum atomic E-state index is 3.49. The zero-order valence-electron chi connectivity index (χ0n) is 7.46. The zero-order chi connectivity index (χ0) is 8.81. The van der Waals surface area contributed by atoms with Gasteiger partial charge in [-0.1, -0.05) is 53.2 Å². The summed E-state index contributed by atoms with van der Waals surface area (Å²) < 4.78 is 0. The third-order valence-electron chi connectivity index (χ3n) is 2.22. The van der Waals surface area contributed by atoms with Crippen molar-refractivity contribution in [2.75, 3.05) is 5.33 Å². The molecular formula is C11H15Br. The van der Waals surface area contributed by atoms with E-state index in [4.69, 9.17) is 0 Å². The average Bonchev–Trinajstić information content (AvgIpc) is 2.15. The Morgan fingerprint density at radius 2 is 1.92 bits per heavy atom. The maximum Gasteiger partial charge on any atom is 0.00371 e. The molecule has 0 N–H and O–H groups in total. The fourth-order valence-electron chi connectivity index (χ4n) is 1.46. The largest absolute Gasteiger partial charge is 0.0928 e. The van der Waals surface area contributed by atoms with Gasteiger partial charge in [0.15, 0.2) is 0 Å². The lowest BCUT2D eigenvalue weighted by atomic mass is 9.94. The summed E-state index contributed by atoms with van der Waals surface area (Å²) in [5.41, 5.74) is 1.47. The SMILES string of the molecule is CC[C@H](CCBr)c1ccccc1. The van der Waals surface area contributed by atoms with Crippen molar-refractivity contribution < 1.29 is 0 Å². The molecule has 12 heavy (non-hydrogen) atoms. The summed E-state index contributed by atoms with van der Waals surface area (Å²) in [5, 5.41) is 1.10. The first kappa shape index (κ1) is 9.79. The van der Waals surface area contributed by atoms with E-state index in [0.29, 0.717) is 0 Å². The molecule has 66 valence electrons. The molecule has 0 aliphatic carbocycles. The predicted octanol–water partition coefficient (Wildman–Crippen LogP) is 3.97. The van der Waals surface area contributed by atoms with E-state index in [0.717, 1.165) is 11.2 Å². The molecular weight excluding hydrogens is 212 g/mol. The van der Waals surface area contributed by atoms with Gasteiger partial charge in [-0.15, -0.1) is 0 Å². The van der Waals surface area contributed by atoms with E-state index in [-0.39, 0.29) is 0 Å². The zero-order valence-corrected chi connectivity index (χ0v) is 9.05. The van der Waals surface area contributed by atoms with Gasteiger partial charge in [-0.25, -0.2) is 0 Å². The second-order valence-electron chi connectivity index (χ2n) is 2.99. The Labute approximate surface area is 83.1 Å². The Morgan fingerprint density at radius 3 is 2.42 bits per heavy atom. The molecule has 0 heterocycles. The topological polar surface area (TPSA) is 0 Å². The van der Waals surface area contributed by atoms with Crippen LogP contribution in [0.1, 0.15) is 31.2 Å². The standard InChI is InChI=1S/C11H15Br/c1-2-10(8-9-12)11-6-4-3-5-7-11/h3-7,10H,2,8-9H2,1H3/t10-/m1/s1. The van der Waals surface area contributed by atoms with Crippen LogP contribution in [-0.4, -0.2) is 5.33 Å². The first-order chi connectivity index (χ1) is 5.88. The van der Waals surface area contributed by atoms with Gasteiger partial charge in [0.2, 0.25) is 0 Å². The highest BCUT2D eigenvalue weighted by atomic mass is 79.9. The minimum absolute atomic E-state index is 0.727. The third kappa shape index (κ3) is 2.63. The van der Waals surface area contributed by atoms with E-state index in [1.54, 1.807) is 0 Å². The maximum absolute atomic E-state index is 3.49. The molecule has 0 bridgehead atoms. The predicted molar refractivity (Wildman–Crippen MR) is 57.9 cm³/mol. The number of halogens is 1. The molecule has 0 fully saturated rings. The second kappa shape index (κ2) is 5.36. The van der Waals surface area contributed by atoms with Crippen LogP contribution in [0, 0.1) is 0 Å². The van der Waals surface area contributed by atoms with Crippen molar-refractivity contribution in [1.82, 2.24) is 0 Å². The molecule has 0 spiro atoms. The number of benzene rings is 1. The van der Waals surface area contributed by atoms with Gasteiger partial charge in [0.25, 0.3) is 0 Å². The number of rotatable bonds is 4. The van der Waals surface area contributed by atoms with Gasteiger partial charge < -0.3 is 0 Å². The van der Waals surface area contributed by atoms with E-state index in [1.807, 2.05) is 0 Å². The Bertz CT molecular complexity index is 206. The van der Waals surface area contributed by atoms with E-state index in [2.05, 4.69) is 53.2 Å². The second-order valence-corrected chi connectivity index (χ2v) is 3.79. The number of hydrogen-bond donors (Lipinski definition) is 0. The molecule has 1 aromatic carbocycles. The highest BCUT2D eigenvalue weighted by Gasteiger charge is 2.06. The Kier molecular flexibility index (Phi) is 4.37. The Morgan fingerprint density at radius 1 is 1.25 bits per heavy atom. The van der Waals surface area contributed by atoms with Gasteiger partial charge in [-0.05, 0) is 24.3 Å². The van der Waals surface area contributed by atoms with Gasteiger partial charge in [0, 0.05) is 5.33 Å². The molecule has 0 saturated heterocycles. The highest BCUT2D eigenvalue weighted by Crippen LogP contribution is 2.23. The fraction of sp³-hybridized carbons (Fsp3) is 0.455. The molecule has 0 aliphatic heterocycles.